The third kappa shape index (κ3) is 3.12. The van der Waals surface area contributed by atoms with Crippen LogP contribution < -0.4 is 10.5 Å². The summed E-state index contributed by atoms with van der Waals surface area (Å²) in [4.78, 5) is 14.1. The standard InChI is InChI=1S/C11H7BrClN3O3/c12-8-3-6(14)5-15-11(8)19-7-1-2-10(16(17)18)9(13)4-7/h1-5H,14H2. The molecular formula is C11H7BrClN3O3. The molecule has 1 heterocycles. The normalized spacial score (nSPS) is 10.2. The van der Waals surface area contributed by atoms with Gasteiger partial charge in [-0.2, -0.15) is 0 Å². The summed E-state index contributed by atoms with van der Waals surface area (Å²) in [5, 5.41) is 10.6. The van der Waals surface area contributed by atoms with E-state index in [1.165, 1.54) is 24.4 Å². The SMILES string of the molecule is Nc1cnc(Oc2ccc([N+](=O)[O-])c(Cl)c2)c(Br)c1. The molecule has 2 N–H and O–H groups in total. The van der Waals surface area contributed by atoms with E-state index < -0.39 is 4.92 Å². The Morgan fingerprint density at radius 2 is 2.16 bits per heavy atom. The van der Waals surface area contributed by atoms with E-state index in [1.807, 2.05) is 0 Å². The summed E-state index contributed by atoms with van der Waals surface area (Å²) in [7, 11) is 0. The lowest BCUT2D eigenvalue weighted by Gasteiger charge is -2.07. The summed E-state index contributed by atoms with van der Waals surface area (Å²) < 4.78 is 6.03. The molecule has 1 aromatic heterocycles. The maximum Gasteiger partial charge on any atom is 0.288 e. The molecule has 98 valence electrons. The highest BCUT2D eigenvalue weighted by molar-refractivity contribution is 9.10. The number of benzene rings is 1. The minimum Gasteiger partial charge on any atom is -0.438 e. The predicted molar refractivity (Wildman–Crippen MR) is 74.5 cm³/mol. The Morgan fingerprint density at radius 1 is 1.42 bits per heavy atom. The number of hydrogen-bond acceptors (Lipinski definition) is 5. The van der Waals surface area contributed by atoms with Crippen LogP contribution in [0.15, 0.2) is 34.9 Å². The van der Waals surface area contributed by atoms with Gasteiger partial charge in [0.15, 0.2) is 0 Å². The van der Waals surface area contributed by atoms with Crippen molar-refractivity contribution in [1.82, 2.24) is 4.98 Å². The summed E-state index contributed by atoms with van der Waals surface area (Å²) >= 11 is 9.03. The van der Waals surface area contributed by atoms with Crippen molar-refractivity contribution in [3.05, 3.63) is 50.1 Å². The lowest BCUT2D eigenvalue weighted by molar-refractivity contribution is -0.384. The fourth-order valence-electron chi connectivity index (χ4n) is 1.33. The van der Waals surface area contributed by atoms with E-state index in [-0.39, 0.29) is 10.7 Å². The summed E-state index contributed by atoms with van der Waals surface area (Å²) in [6, 6.07) is 5.69. The first-order valence-corrected chi connectivity index (χ1v) is 6.17. The second kappa shape index (κ2) is 5.41. The van der Waals surface area contributed by atoms with Gasteiger partial charge in [0.25, 0.3) is 5.69 Å². The third-order valence-electron chi connectivity index (χ3n) is 2.16. The van der Waals surface area contributed by atoms with Gasteiger partial charge in [0.05, 0.1) is 21.3 Å². The van der Waals surface area contributed by atoms with Gasteiger partial charge in [0, 0.05) is 12.1 Å². The van der Waals surface area contributed by atoms with E-state index in [2.05, 4.69) is 20.9 Å². The summed E-state index contributed by atoms with van der Waals surface area (Å²) in [5.41, 5.74) is 5.86. The monoisotopic (exact) mass is 343 g/mol. The molecule has 6 nitrogen and oxygen atoms in total. The zero-order chi connectivity index (χ0) is 14.0. The predicted octanol–water partition coefficient (Wildman–Crippen LogP) is 3.78. The van der Waals surface area contributed by atoms with Gasteiger partial charge in [-0.1, -0.05) is 11.6 Å². The van der Waals surface area contributed by atoms with E-state index in [0.717, 1.165) is 0 Å². The zero-order valence-corrected chi connectivity index (χ0v) is 11.7. The van der Waals surface area contributed by atoms with Crippen molar-refractivity contribution in [1.29, 1.82) is 0 Å². The average Bonchev–Trinajstić information content (AvgIpc) is 2.32. The van der Waals surface area contributed by atoms with Crippen LogP contribution >= 0.6 is 27.5 Å². The number of nitrogens with two attached hydrogens (primary N) is 1. The highest BCUT2D eigenvalue weighted by Gasteiger charge is 2.13. The summed E-state index contributed by atoms with van der Waals surface area (Å²) in [5.74, 6) is 0.632. The van der Waals surface area contributed by atoms with Crippen molar-refractivity contribution < 1.29 is 9.66 Å². The number of nitrogens with zero attached hydrogens (tertiary/aromatic N) is 2. The Labute approximate surface area is 121 Å². The number of nitrogen functional groups attached to an aromatic ring is 1. The maximum atomic E-state index is 10.6. The molecule has 0 aliphatic rings. The van der Waals surface area contributed by atoms with Crippen LogP contribution in [-0.2, 0) is 0 Å². The molecule has 2 aromatic rings. The van der Waals surface area contributed by atoms with Gasteiger partial charge in [-0.25, -0.2) is 4.98 Å². The smallest absolute Gasteiger partial charge is 0.288 e. The Bertz CT molecular complexity index is 651. The highest BCUT2D eigenvalue weighted by atomic mass is 79.9. The molecule has 0 radical (unpaired) electrons. The number of hydrogen-bond donors (Lipinski definition) is 1. The van der Waals surface area contributed by atoms with Crippen LogP contribution in [0.3, 0.4) is 0 Å². The van der Waals surface area contributed by atoms with E-state index in [1.54, 1.807) is 6.07 Å². The van der Waals surface area contributed by atoms with Gasteiger partial charge in [-0.3, -0.25) is 10.1 Å². The average molecular weight is 345 g/mol. The molecule has 19 heavy (non-hydrogen) atoms. The van der Waals surface area contributed by atoms with Crippen LogP contribution in [0.25, 0.3) is 0 Å². The Kier molecular flexibility index (Phi) is 3.87. The van der Waals surface area contributed by atoms with Gasteiger partial charge in [-0.05, 0) is 28.1 Å². The Balaban J connectivity index is 2.29. The van der Waals surface area contributed by atoms with Gasteiger partial charge >= 0.3 is 0 Å². The van der Waals surface area contributed by atoms with Crippen molar-refractivity contribution in [2.45, 2.75) is 0 Å². The summed E-state index contributed by atoms with van der Waals surface area (Å²) in [6.07, 6.45) is 1.44. The number of pyridine rings is 1. The second-order valence-corrected chi connectivity index (χ2v) is 4.79. The van der Waals surface area contributed by atoms with Crippen LogP contribution in [0.1, 0.15) is 0 Å². The molecular weight excluding hydrogens is 337 g/mol. The molecule has 0 aliphatic carbocycles. The second-order valence-electron chi connectivity index (χ2n) is 3.53. The topological polar surface area (TPSA) is 91.3 Å². The lowest BCUT2D eigenvalue weighted by atomic mass is 10.3. The molecule has 0 spiro atoms. The molecule has 2 rings (SSSR count). The van der Waals surface area contributed by atoms with E-state index in [0.29, 0.717) is 21.8 Å². The Hall–Kier alpha value is -1.86. The zero-order valence-electron chi connectivity index (χ0n) is 9.34. The molecule has 0 aliphatic heterocycles. The largest absolute Gasteiger partial charge is 0.438 e. The fourth-order valence-corrected chi connectivity index (χ4v) is 2.01. The van der Waals surface area contributed by atoms with Crippen molar-refractivity contribution in [2.75, 3.05) is 5.73 Å². The van der Waals surface area contributed by atoms with Crippen LogP contribution in [0.4, 0.5) is 11.4 Å². The maximum absolute atomic E-state index is 10.6. The van der Waals surface area contributed by atoms with Crippen molar-refractivity contribution in [3.8, 4) is 11.6 Å². The van der Waals surface area contributed by atoms with Crippen molar-refractivity contribution in [2.24, 2.45) is 0 Å². The molecule has 8 heteroatoms. The third-order valence-corrected chi connectivity index (χ3v) is 3.03. The molecule has 0 fully saturated rings. The molecule has 0 unspecified atom stereocenters. The number of aromatic nitrogens is 1. The van der Waals surface area contributed by atoms with Crippen LogP contribution in [-0.4, -0.2) is 9.91 Å². The van der Waals surface area contributed by atoms with Gasteiger partial charge in [0.2, 0.25) is 5.88 Å². The quantitative estimate of drug-likeness (QED) is 0.676. The minimum atomic E-state index is -0.566. The van der Waals surface area contributed by atoms with Gasteiger partial charge in [-0.15, -0.1) is 0 Å². The lowest BCUT2D eigenvalue weighted by Crippen LogP contribution is -1.93. The van der Waals surface area contributed by atoms with E-state index in [9.17, 15) is 10.1 Å². The van der Waals surface area contributed by atoms with E-state index >= 15 is 0 Å². The first-order valence-electron chi connectivity index (χ1n) is 5.00. The number of ether oxygens (including phenoxy) is 1. The van der Waals surface area contributed by atoms with Crippen LogP contribution in [0, 0.1) is 10.1 Å². The number of halogens is 2. The number of nitro groups is 1. The van der Waals surface area contributed by atoms with Crippen LogP contribution in [0.2, 0.25) is 5.02 Å². The molecule has 0 saturated carbocycles. The molecule has 1 aromatic carbocycles. The van der Waals surface area contributed by atoms with Gasteiger partial charge in [0.1, 0.15) is 10.8 Å². The summed E-state index contributed by atoms with van der Waals surface area (Å²) in [6.45, 7) is 0. The fraction of sp³-hybridized carbons (Fsp3) is 0. The Morgan fingerprint density at radius 3 is 2.74 bits per heavy atom. The number of rotatable bonds is 3. The molecule has 0 bridgehead atoms. The van der Waals surface area contributed by atoms with E-state index in [4.69, 9.17) is 22.1 Å². The highest BCUT2D eigenvalue weighted by Crippen LogP contribution is 2.33. The van der Waals surface area contributed by atoms with Crippen LogP contribution in [0.5, 0.6) is 11.6 Å². The van der Waals surface area contributed by atoms with Gasteiger partial charge < -0.3 is 10.5 Å². The molecule has 0 amide bonds. The number of nitro benzene ring substituents is 1. The van der Waals surface area contributed by atoms with Crippen molar-refractivity contribution >= 4 is 38.9 Å². The molecule has 0 atom stereocenters. The molecule has 0 saturated heterocycles. The first-order chi connectivity index (χ1) is 8.97. The first kappa shape index (κ1) is 13.6. The minimum absolute atomic E-state index is 0.00549. The van der Waals surface area contributed by atoms with Crippen molar-refractivity contribution in [3.63, 3.8) is 0 Å². The number of anilines is 1.